The molecule has 0 aliphatic heterocycles. The van der Waals surface area contributed by atoms with Crippen LogP contribution in [0.3, 0.4) is 0 Å². The molecule has 0 aliphatic rings. The Morgan fingerprint density at radius 1 is 0.926 bits per heavy atom. The number of hydrogen-bond donors (Lipinski definition) is 1. The highest BCUT2D eigenvalue weighted by Gasteiger charge is 2.17. The number of carbonyl (C=O) groups excluding carboxylic acids is 2. The molecular weight excluding hydrogens is 404 g/mol. The van der Waals surface area contributed by atoms with Gasteiger partial charge in [0.2, 0.25) is 0 Å². The molecule has 0 bridgehead atoms. The third kappa shape index (κ3) is 4.44. The van der Waals surface area contributed by atoms with E-state index in [1.165, 1.54) is 0 Å². The van der Waals surface area contributed by atoms with Crippen LogP contribution in [0.15, 0.2) is 83.3 Å². The molecule has 5 heteroatoms. The van der Waals surface area contributed by atoms with Gasteiger partial charge in [-0.05, 0) is 65.3 Å². The van der Waals surface area contributed by atoms with Crippen LogP contribution < -0.4 is 10.2 Å². The van der Waals surface area contributed by atoms with Gasteiger partial charge in [-0.2, -0.15) is 0 Å². The minimum Gasteiger partial charge on any atom is -0.322 e. The summed E-state index contributed by atoms with van der Waals surface area (Å²) in [5.74, 6) is -0.344. The zero-order valence-corrected chi connectivity index (χ0v) is 16.4. The number of carbonyl (C=O) groups is 2. The molecule has 0 atom stereocenters. The molecule has 1 N–H and O–H groups in total. The number of anilines is 2. The van der Waals surface area contributed by atoms with Crippen molar-refractivity contribution in [3.8, 4) is 0 Å². The van der Waals surface area contributed by atoms with Crippen LogP contribution in [-0.2, 0) is 0 Å². The molecular formula is C22H19BrN2O2. The molecule has 4 nitrogen and oxygen atoms in total. The summed E-state index contributed by atoms with van der Waals surface area (Å²) in [5.41, 5.74) is 2.47. The molecule has 0 aliphatic carbocycles. The van der Waals surface area contributed by atoms with Gasteiger partial charge in [-0.1, -0.05) is 36.4 Å². The third-order valence-electron chi connectivity index (χ3n) is 4.12. The predicted octanol–water partition coefficient (Wildman–Crippen LogP) is 5.37. The van der Waals surface area contributed by atoms with Gasteiger partial charge in [0.05, 0.1) is 5.56 Å². The van der Waals surface area contributed by atoms with Crippen molar-refractivity contribution < 1.29 is 9.59 Å². The number of hydrogen-bond acceptors (Lipinski definition) is 2. The summed E-state index contributed by atoms with van der Waals surface area (Å²) in [7, 11) is 0. The number of amides is 2. The molecule has 0 unspecified atom stereocenters. The van der Waals surface area contributed by atoms with Gasteiger partial charge in [-0.15, -0.1) is 0 Å². The van der Waals surface area contributed by atoms with E-state index in [1.807, 2.05) is 49.4 Å². The van der Waals surface area contributed by atoms with Crippen molar-refractivity contribution in [2.45, 2.75) is 6.92 Å². The molecule has 2 amide bonds. The van der Waals surface area contributed by atoms with E-state index in [1.54, 1.807) is 41.3 Å². The van der Waals surface area contributed by atoms with Crippen molar-refractivity contribution in [2.24, 2.45) is 0 Å². The minimum atomic E-state index is -0.234. The van der Waals surface area contributed by atoms with E-state index in [4.69, 9.17) is 0 Å². The highest BCUT2D eigenvalue weighted by Crippen LogP contribution is 2.21. The van der Waals surface area contributed by atoms with E-state index in [-0.39, 0.29) is 11.8 Å². The summed E-state index contributed by atoms with van der Waals surface area (Å²) in [5, 5.41) is 2.85. The van der Waals surface area contributed by atoms with Crippen LogP contribution in [0.5, 0.6) is 0 Å². The van der Waals surface area contributed by atoms with E-state index >= 15 is 0 Å². The molecule has 3 aromatic rings. The van der Waals surface area contributed by atoms with Crippen LogP contribution >= 0.6 is 15.9 Å². The van der Waals surface area contributed by atoms with E-state index in [2.05, 4.69) is 21.2 Å². The monoisotopic (exact) mass is 422 g/mol. The second-order valence-electron chi connectivity index (χ2n) is 5.90. The standard InChI is InChI=1S/C22H19BrN2O2/c1-2-25(18-11-4-3-5-12-18)22(27)16-9-8-10-17(15-16)24-21(26)19-13-6-7-14-20(19)23/h3-15H,2H2,1H3,(H,24,26). The van der Waals surface area contributed by atoms with Gasteiger partial charge in [0.1, 0.15) is 0 Å². The zero-order valence-electron chi connectivity index (χ0n) is 14.9. The highest BCUT2D eigenvalue weighted by molar-refractivity contribution is 9.10. The van der Waals surface area contributed by atoms with Crippen LogP contribution in [0.2, 0.25) is 0 Å². The molecule has 3 aromatic carbocycles. The first-order valence-electron chi connectivity index (χ1n) is 8.63. The number of halogens is 1. The number of nitrogens with zero attached hydrogens (tertiary/aromatic N) is 1. The Morgan fingerprint density at radius 2 is 1.63 bits per heavy atom. The predicted molar refractivity (Wildman–Crippen MR) is 112 cm³/mol. The Labute approximate surface area is 167 Å². The van der Waals surface area contributed by atoms with Gasteiger partial charge in [-0.3, -0.25) is 9.59 Å². The molecule has 0 radical (unpaired) electrons. The van der Waals surface area contributed by atoms with Gasteiger partial charge in [0.25, 0.3) is 11.8 Å². The van der Waals surface area contributed by atoms with Crippen LogP contribution in [-0.4, -0.2) is 18.4 Å². The van der Waals surface area contributed by atoms with Crippen LogP contribution in [0.4, 0.5) is 11.4 Å². The van der Waals surface area contributed by atoms with Crippen LogP contribution in [0.25, 0.3) is 0 Å². The van der Waals surface area contributed by atoms with Crippen molar-refractivity contribution in [3.63, 3.8) is 0 Å². The largest absolute Gasteiger partial charge is 0.322 e. The molecule has 0 saturated carbocycles. The van der Waals surface area contributed by atoms with Crippen molar-refractivity contribution in [1.82, 2.24) is 0 Å². The maximum atomic E-state index is 12.9. The number of para-hydroxylation sites is 1. The first-order valence-corrected chi connectivity index (χ1v) is 9.42. The van der Waals surface area contributed by atoms with Gasteiger partial charge < -0.3 is 10.2 Å². The third-order valence-corrected chi connectivity index (χ3v) is 4.81. The lowest BCUT2D eigenvalue weighted by Crippen LogP contribution is -2.30. The second kappa shape index (κ2) is 8.64. The van der Waals surface area contributed by atoms with Crippen LogP contribution in [0.1, 0.15) is 27.6 Å². The Morgan fingerprint density at radius 3 is 2.33 bits per heavy atom. The molecule has 3 rings (SSSR count). The number of rotatable bonds is 5. The van der Waals surface area contributed by atoms with E-state index in [0.717, 1.165) is 10.2 Å². The summed E-state index contributed by atoms with van der Waals surface area (Å²) in [6.45, 7) is 2.49. The Balaban J connectivity index is 1.82. The zero-order chi connectivity index (χ0) is 19.2. The fourth-order valence-corrected chi connectivity index (χ4v) is 3.25. The fraction of sp³-hybridized carbons (Fsp3) is 0.0909. The quantitative estimate of drug-likeness (QED) is 0.600. The smallest absolute Gasteiger partial charge is 0.258 e. The van der Waals surface area contributed by atoms with Gasteiger partial charge in [-0.25, -0.2) is 0 Å². The minimum absolute atomic E-state index is 0.110. The topological polar surface area (TPSA) is 49.4 Å². The SMILES string of the molecule is CCN(C(=O)c1cccc(NC(=O)c2ccccc2Br)c1)c1ccccc1. The lowest BCUT2D eigenvalue weighted by atomic mass is 10.1. The maximum Gasteiger partial charge on any atom is 0.258 e. The normalized spacial score (nSPS) is 10.3. The fourth-order valence-electron chi connectivity index (χ4n) is 2.78. The average molecular weight is 423 g/mol. The summed E-state index contributed by atoms with van der Waals surface area (Å²) < 4.78 is 0.718. The van der Waals surface area contributed by atoms with E-state index in [0.29, 0.717) is 23.4 Å². The molecule has 0 saturated heterocycles. The van der Waals surface area contributed by atoms with E-state index in [9.17, 15) is 9.59 Å². The molecule has 0 fully saturated rings. The molecule has 27 heavy (non-hydrogen) atoms. The summed E-state index contributed by atoms with van der Waals surface area (Å²) in [6, 6.07) is 23.7. The summed E-state index contributed by atoms with van der Waals surface area (Å²) in [4.78, 5) is 27.1. The van der Waals surface area contributed by atoms with Crippen molar-refractivity contribution in [2.75, 3.05) is 16.8 Å². The van der Waals surface area contributed by atoms with Crippen molar-refractivity contribution >= 4 is 39.1 Å². The molecule has 0 heterocycles. The Hall–Kier alpha value is -2.92. The first kappa shape index (κ1) is 18.9. The first-order chi connectivity index (χ1) is 13.1. The lowest BCUT2D eigenvalue weighted by molar-refractivity contribution is 0.0985. The highest BCUT2D eigenvalue weighted by atomic mass is 79.9. The van der Waals surface area contributed by atoms with Gasteiger partial charge >= 0.3 is 0 Å². The Bertz CT molecular complexity index is 957. The second-order valence-corrected chi connectivity index (χ2v) is 6.75. The maximum absolute atomic E-state index is 12.9. The lowest BCUT2D eigenvalue weighted by Gasteiger charge is -2.21. The van der Waals surface area contributed by atoms with Gasteiger partial charge in [0, 0.05) is 28.0 Å². The van der Waals surface area contributed by atoms with Crippen molar-refractivity contribution in [3.05, 3.63) is 94.5 Å². The number of benzene rings is 3. The summed E-state index contributed by atoms with van der Waals surface area (Å²) in [6.07, 6.45) is 0. The van der Waals surface area contributed by atoms with Crippen molar-refractivity contribution in [1.29, 1.82) is 0 Å². The summed E-state index contributed by atoms with van der Waals surface area (Å²) >= 11 is 3.38. The van der Waals surface area contributed by atoms with E-state index < -0.39 is 0 Å². The number of nitrogens with one attached hydrogen (secondary N) is 1. The molecule has 0 aromatic heterocycles. The average Bonchev–Trinajstić information content (AvgIpc) is 2.70. The van der Waals surface area contributed by atoms with Crippen LogP contribution in [0, 0.1) is 0 Å². The van der Waals surface area contributed by atoms with Gasteiger partial charge in [0.15, 0.2) is 0 Å². The molecule has 136 valence electrons. The molecule has 0 spiro atoms. The Kier molecular flexibility index (Phi) is 6.04.